The van der Waals surface area contributed by atoms with Crippen molar-refractivity contribution in [2.24, 2.45) is 0 Å². The maximum Gasteiger partial charge on any atom is 0.109 e. The normalized spacial score (nSPS) is 15.4. The molecule has 6 heteroatoms. The summed E-state index contributed by atoms with van der Waals surface area (Å²) in [7, 11) is 0. The molecule has 2 aromatic rings. The maximum atomic E-state index is 10.5. The minimum Gasteiger partial charge on any atom is -0.394 e. The van der Waals surface area contributed by atoms with Crippen molar-refractivity contribution in [2.75, 3.05) is 6.61 Å². The summed E-state index contributed by atoms with van der Waals surface area (Å²) >= 11 is 11.8. The SMILES string of the molecule is OC[C@@H](O)[C@@H](O)[C@@H](O)C(c1ccc(Cl)cc1)c1ccc(Cl)cc1. The van der Waals surface area contributed by atoms with Crippen molar-refractivity contribution >= 4 is 23.2 Å². The van der Waals surface area contributed by atoms with Gasteiger partial charge in [-0.25, -0.2) is 0 Å². The van der Waals surface area contributed by atoms with E-state index in [1.54, 1.807) is 48.5 Å². The van der Waals surface area contributed by atoms with Gasteiger partial charge in [0.1, 0.15) is 12.2 Å². The van der Waals surface area contributed by atoms with Gasteiger partial charge in [-0.2, -0.15) is 0 Å². The molecule has 124 valence electrons. The zero-order chi connectivity index (χ0) is 17.0. The third-order valence-corrected chi connectivity index (χ3v) is 4.23. The second-order valence-electron chi connectivity index (χ2n) is 5.31. The van der Waals surface area contributed by atoms with Crippen LogP contribution in [0.3, 0.4) is 0 Å². The van der Waals surface area contributed by atoms with Crippen LogP contribution >= 0.6 is 23.2 Å². The van der Waals surface area contributed by atoms with E-state index in [1.807, 2.05) is 0 Å². The molecule has 0 unspecified atom stereocenters. The van der Waals surface area contributed by atoms with Crippen LogP contribution in [0, 0.1) is 0 Å². The molecular formula is C17H18Cl2O4. The number of benzene rings is 2. The smallest absolute Gasteiger partial charge is 0.109 e. The molecule has 0 aromatic heterocycles. The zero-order valence-corrected chi connectivity index (χ0v) is 13.7. The Bertz CT molecular complexity index is 570. The predicted octanol–water partition coefficient (Wildman–Crippen LogP) is 2.20. The van der Waals surface area contributed by atoms with E-state index in [0.29, 0.717) is 21.2 Å². The van der Waals surface area contributed by atoms with Crippen LogP contribution in [0.25, 0.3) is 0 Å². The summed E-state index contributed by atoms with van der Waals surface area (Å²) in [5.74, 6) is -0.610. The molecular weight excluding hydrogens is 339 g/mol. The second-order valence-corrected chi connectivity index (χ2v) is 6.18. The standard InChI is InChI=1S/C17H18Cl2O4/c18-12-5-1-10(2-6-12)15(11-3-7-13(19)8-4-11)17(23)16(22)14(21)9-20/h1-8,14-17,20-23H,9H2/t14-,16-,17+/m1/s1. The van der Waals surface area contributed by atoms with Crippen molar-refractivity contribution in [3.63, 3.8) is 0 Å². The summed E-state index contributed by atoms with van der Waals surface area (Å²) in [5, 5.41) is 40.3. The molecule has 2 rings (SSSR count). The fourth-order valence-electron chi connectivity index (χ4n) is 2.46. The number of hydrogen-bond acceptors (Lipinski definition) is 4. The fraction of sp³-hybridized carbons (Fsp3) is 0.294. The quantitative estimate of drug-likeness (QED) is 0.639. The lowest BCUT2D eigenvalue weighted by atomic mass is 9.83. The minimum absolute atomic E-state index is 0.550. The van der Waals surface area contributed by atoms with E-state index in [0.717, 1.165) is 0 Å². The average molecular weight is 357 g/mol. The third-order valence-electron chi connectivity index (χ3n) is 3.73. The van der Waals surface area contributed by atoms with Crippen LogP contribution in [0.1, 0.15) is 17.0 Å². The second kappa shape index (κ2) is 8.11. The summed E-state index contributed by atoms with van der Waals surface area (Å²) < 4.78 is 0. The predicted molar refractivity (Wildman–Crippen MR) is 89.9 cm³/mol. The highest BCUT2D eigenvalue weighted by molar-refractivity contribution is 6.30. The maximum absolute atomic E-state index is 10.5. The molecule has 0 heterocycles. The van der Waals surface area contributed by atoms with Crippen LogP contribution in [0.5, 0.6) is 0 Å². The Morgan fingerprint density at radius 1 is 0.696 bits per heavy atom. The summed E-state index contributed by atoms with van der Waals surface area (Å²) in [5.41, 5.74) is 1.43. The molecule has 0 spiro atoms. The first-order valence-electron chi connectivity index (χ1n) is 7.10. The molecule has 0 aliphatic heterocycles. The number of aliphatic hydroxyl groups is 4. The van der Waals surface area contributed by atoms with Crippen LogP contribution in [-0.2, 0) is 0 Å². The molecule has 0 fully saturated rings. The summed E-state index contributed by atoms with van der Waals surface area (Å²) in [6, 6.07) is 13.7. The molecule has 0 bridgehead atoms. The Labute approximate surface area is 144 Å². The fourth-order valence-corrected chi connectivity index (χ4v) is 2.71. The van der Waals surface area contributed by atoms with Gasteiger partial charge in [-0.15, -0.1) is 0 Å². The van der Waals surface area contributed by atoms with Gasteiger partial charge >= 0.3 is 0 Å². The van der Waals surface area contributed by atoms with E-state index in [1.165, 1.54) is 0 Å². The molecule has 2 aromatic carbocycles. The van der Waals surface area contributed by atoms with Crippen LogP contribution in [0.2, 0.25) is 10.0 Å². The van der Waals surface area contributed by atoms with Crippen molar-refractivity contribution in [2.45, 2.75) is 24.2 Å². The largest absolute Gasteiger partial charge is 0.394 e. The average Bonchev–Trinajstić information content (AvgIpc) is 2.57. The lowest BCUT2D eigenvalue weighted by Crippen LogP contribution is -2.43. The van der Waals surface area contributed by atoms with Crippen molar-refractivity contribution in [3.05, 3.63) is 69.7 Å². The lowest BCUT2D eigenvalue weighted by molar-refractivity contribution is -0.0806. The molecule has 0 aliphatic carbocycles. The van der Waals surface area contributed by atoms with Gasteiger partial charge in [0.25, 0.3) is 0 Å². The molecule has 0 aliphatic rings. The Kier molecular flexibility index (Phi) is 6.41. The van der Waals surface area contributed by atoms with Crippen LogP contribution < -0.4 is 0 Å². The molecule has 3 atom stereocenters. The van der Waals surface area contributed by atoms with Crippen LogP contribution in [0.15, 0.2) is 48.5 Å². The van der Waals surface area contributed by atoms with Crippen molar-refractivity contribution in [1.29, 1.82) is 0 Å². The van der Waals surface area contributed by atoms with E-state index >= 15 is 0 Å². The van der Waals surface area contributed by atoms with Gasteiger partial charge in [-0.05, 0) is 35.4 Å². The Hall–Kier alpha value is -1.14. The number of hydrogen-bond donors (Lipinski definition) is 4. The summed E-state index contributed by atoms with van der Waals surface area (Å²) in [6.45, 7) is -0.647. The van der Waals surface area contributed by atoms with E-state index < -0.39 is 30.8 Å². The van der Waals surface area contributed by atoms with E-state index in [2.05, 4.69) is 0 Å². The van der Waals surface area contributed by atoms with Gasteiger partial charge in [0.05, 0.1) is 12.7 Å². The summed E-state index contributed by atoms with van der Waals surface area (Å²) in [6.07, 6.45) is -4.26. The topological polar surface area (TPSA) is 80.9 Å². The van der Waals surface area contributed by atoms with Gasteiger partial charge in [0.2, 0.25) is 0 Å². The Morgan fingerprint density at radius 2 is 1.09 bits per heavy atom. The van der Waals surface area contributed by atoms with E-state index in [9.17, 15) is 15.3 Å². The van der Waals surface area contributed by atoms with Gasteiger partial charge in [0, 0.05) is 16.0 Å². The Balaban J connectivity index is 2.42. The molecule has 0 radical (unpaired) electrons. The highest BCUT2D eigenvalue weighted by Crippen LogP contribution is 2.32. The molecule has 0 amide bonds. The van der Waals surface area contributed by atoms with E-state index in [4.69, 9.17) is 28.3 Å². The van der Waals surface area contributed by atoms with Crippen LogP contribution in [0.4, 0.5) is 0 Å². The Morgan fingerprint density at radius 3 is 1.43 bits per heavy atom. The first-order valence-corrected chi connectivity index (χ1v) is 7.85. The molecule has 0 saturated heterocycles. The van der Waals surface area contributed by atoms with Gasteiger partial charge in [-0.3, -0.25) is 0 Å². The first kappa shape index (κ1) is 18.2. The molecule has 23 heavy (non-hydrogen) atoms. The third kappa shape index (κ3) is 4.44. The van der Waals surface area contributed by atoms with Gasteiger partial charge < -0.3 is 20.4 Å². The van der Waals surface area contributed by atoms with Crippen LogP contribution in [-0.4, -0.2) is 45.3 Å². The van der Waals surface area contributed by atoms with Crippen molar-refractivity contribution in [1.82, 2.24) is 0 Å². The highest BCUT2D eigenvalue weighted by atomic mass is 35.5. The molecule has 4 nitrogen and oxygen atoms in total. The first-order chi connectivity index (χ1) is 10.9. The lowest BCUT2D eigenvalue weighted by Gasteiger charge is -2.29. The number of halogens is 2. The number of rotatable bonds is 6. The van der Waals surface area contributed by atoms with Crippen molar-refractivity contribution in [3.8, 4) is 0 Å². The molecule has 4 N–H and O–H groups in total. The van der Waals surface area contributed by atoms with Crippen molar-refractivity contribution < 1.29 is 20.4 Å². The molecule has 0 saturated carbocycles. The number of aliphatic hydroxyl groups excluding tert-OH is 4. The van der Waals surface area contributed by atoms with Gasteiger partial charge in [0.15, 0.2) is 0 Å². The van der Waals surface area contributed by atoms with Gasteiger partial charge in [-0.1, -0.05) is 47.5 Å². The zero-order valence-electron chi connectivity index (χ0n) is 12.2. The summed E-state index contributed by atoms with van der Waals surface area (Å²) in [4.78, 5) is 0. The highest BCUT2D eigenvalue weighted by Gasteiger charge is 2.33. The van der Waals surface area contributed by atoms with E-state index in [-0.39, 0.29) is 0 Å². The minimum atomic E-state index is -1.50. The monoisotopic (exact) mass is 356 g/mol.